The summed E-state index contributed by atoms with van der Waals surface area (Å²) in [4.78, 5) is 105. The molecule has 13 N–H and O–H groups in total. The maximum Gasteiger partial charge on any atom is 0.305 e. The third kappa shape index (κ3) is 14.1. The van der Waals surface area contributed by atoms with E-state index in [4.69, 9.17) is 22.9 Å². The van der Waals surface area contributed by atoms with Crippen LogP contribution in [0.1, 0.15) is 50.6 Å². The first-order valence-corrected chi connectivity index (χ1v) is 14.8. The van der Waals surface area contributed by atoms with Gasteiger partial charge in [0.25, 0.3) is 0 Å². The number of hydrogen-bond donors (Lipinski definition) is 9. The van der Waals surface area contributed by atoms with Crippen LogP contribution in [0.15, 0.2) is 11.2 Å². The lowest BCUT2D eigenvalue weighted by Gasteiger charge is -2.27. The van der Waals surface area contributed by atoms with E-state index in [2.05, 4.69) is 36.6 Å². The van der Waals surface area contributed by atoms with E-state index in [0.29, 0.717) is 25.8 Å². The van der Waals surface area contributed by atoms with E-state index in [9.17, 15) is 43.5 Å². The summed E-state index contributed by atoms with van der Waals surface area (Å²) in [5, 5.41) is 26.6. The molecule has 1 aromatic heterocycles. The fraction of sp³-hybridized carbons (Fsp3) is 0.577. The van der Waals surface area contributed by atoms with Crippen LogP contribution in [0.25, 0.3) is 0 Å². The Morgan fingerprint density at radius 2 is 1.60 bits per heavy atom. The Morgan fingerprint density at radius 1 is 0.896 bits per heavy atom. The number of aryl methyl sites for hydroxylation is 1. The Balaban J connectivity index is 2.39. The minimum atomic E-state index is -1.78. The second-order valence-corrected chi connectivity index (χ2v) is 10.8. The number of nitrogens with two attached hydrogens (primary N) is 4. The number of hydrogen-bond acceptors (Lipinski definition) is 11. The summed E-state index contributed by atoms with van der Waals surface area (Å²) in [6.45, 7) is -1.23. The van der Waals surface area contributed by atoms with Crippen LogP contribution in [0.2, 0.25) is 0 Å². The van der Waals surface area contributed by atoms with Gasteiger partial charge in [0.1, 0.15) is 23.8 Å². The molecule has 0 fully saturated rings. The predicted molar refractivity (Wildman–Crippen MR) is 163 cm³/mol. The van der Waals surface area contributed by atoms with E-state index >= 15 is 0 Å². The van der Waals surface area contributed by atoms with E-state index < -0.39 is 91.4 Å². The first kappa shape index (κ1) is 38.4. The van der Waals surface area contributed by atoms with Crippen LogP contribution < -0.4 is 44.2 Å². The zero-order valence-electron chi connectivity index (χ0n) is 26.1. The van der Waals surface area contributed by atoms with E-state index in [0.717, 1.165) is 4.90 Å². The number of nitrogens with one attached hydrogen (secondary N) is 4. The molecule has 22 nitrogen and oxygen atoms in total. The standard InChI is InChI=1S/C26H41N13O9/c27-18(40)8-17-25(48)38(13-19(28)41)11-14-12-39(37-36-14)7-2-1-5-20(42)33-15(4-3-6-31-26(29)30)23(46)32-10-21(43)34-16(9-22(44)45)24(47)35-17/h12,15-17H,1-11,13H2,(H2,27,40)(H2,28,41)(H,32,46)(H,33,42)(H,34,43)(H,35,47)(H,44,45)(H4,29,30,31)/t15-,16-,17-/m0/s1. The summed E-state index contributed by atoms with van der Waals surface area (Å²) in [5.41, 5.74) is 21.5. The van der Waals surface area contributed by atoms with Crippen molar-refractivity contribution in [1.82, 2.24) is 41.2 Å². The van der Waals surface area contributed by atoms with Crippen LogP contribution in [0, 0.1) is 0 Å². The van der Waals surface area contributed by atoms with E-state index in [1.165, 1.54) is 10.9 Å². The van der Waals surface area contributed by atoms with Gasteiger partial charge >= 0.3 is 5.97 Å². The maximum atomic E-state index is 13.5. The van der Waals surface area contributed by atoms with Crippen molar-refractivity contribution in [3.63, 3.8) is 0 Å². The Hall–Kier alpha value is -5.83. The highest BCUT2D eigenvalue weighted by molar-refractivity contribution is 5.97. The summed E-state index contributed by atoms with van der Waals surface area (Å²) in [7, 11) is 0. The molecule has 0 radical (unpaired) electrons. The average molecular weight is 680 g/mol. The summed E-state index contributed by atoms with van der Waals surface area (Å²) in [6.07, 6.45) is 1.04. The third-order valence-electron chi connectivity index (χ3n) is 6.71. The molecule has 7 amide bonds. The summed E-state index contributed by atoms with van der Waals surface area (Å²) < 4.78 is 1.44. The molecule has 3 atom stereocenters. The molecule has 0 unspecified atom stereocenters. The molecule has 2 heterocycles. The molecular weight excluding hydrogens is 638 g/mol. The molecule has 0 aliphatic carbocycles. The number of nitrogens with zero attached hydrogens (tertiary/aromatic N) is 5. The lowest BCUT2D eigenvalue weighted by Crippen LogP contribution is -2.57. The van der Waals surface area contributed by atoms with Crippen LogP contribution in [-0.2, 0) is 51.4 Å². The molecule has 1 aliphatic rings. The van der Waals surface area contributed by atoms with Gasteiger partial charge in [-0.15, -0.1) is 5.10 Å². The Bertz CT molecular complexity index is 1390. The lowest BCUT2D eigenvalue weighted by atomic mass is 10.1. The van der Waals surface area contributed by atoms with E-state index in [1.54, 1.807) is 0 Å². The largest absolute Gasteiger partial charge is 0.481 e. The van der Waals surface area contributed by atoms with Crippen LogP contribution in [-0.4, -0.2) is 116 Å². The number of fused-ring (bicyclic) bond motifs is 2. The molecule has 0 spiro atoms. The van der Waals surface area contributed by atoms with Gasteiger partial charge in [0.2, 0.25) is 41.4 Å². The SMILES string of the molecule is NC(=O)C[C@@H]1NC(=O)[C@H](CC(=O)O)NC(=O)CNC(=O)[C@H](CCCN=C(N)N)NC(=O)CCCCn2cc(nn2)CN(CC(N)=O)C1=O. The molecule has 0 aromatic carbocycles. The fourth-order valence-corrected chi connectivity index (χ4v) is 4.53. The van der Waals surface area contributed by atoms with Gasteiger partial charge in [-0.25, -0.2) is 0 Å². The minimum absolute atomic E-state index is 0.0356. The maximum absolute atomic E-state index is 13.5. The number of carboxylic acids is 1. The van der Waals surface area contributed by atoms with Gasteiger partial charge in [-0.05, 0) is 25.7 Å². The van der Waals surface area contributed by atoms with Crippen molar-refractivity contribution in [3.8, 4) is 0 Å². The topological polar surface area (TPSA) is 355 Å². The molecule has 22 heteroatoms. The van der Waals surface area contributed by atoms with Crippen molar-refractivity contribution >= 4 is 53.3 Å². The predicted octanol–water partition coefficient (Wildman–Crippen LogP) is -5.75. The fourth-order valence-electron chi connectivity index (χ4n) is 4.53. The van der Waals surface area contributed by atoms with E-state index in [-0.39, 0.29) is 37.6 Å². The number of carbonyl (C=O) groups excluding carboxylic acids is 7. The smallest absolute Gasteiger partial charge is 0.305 e. The molecule has 2 rings (SSSR count). The second kappa shape index (κ2) is 19.0. The molecule has 0 saturated heterocycles. The Kier molecular flexibility index (Phi) is 15.2. The van der Waals surface area contributed by atoms with Gasteiger partial charge in [0.05, 0.1) is 38.7 Å². The van der Waals surface area contributed by atoms with Crippen molar-refractivity contribution in [2.45, 2.75) is 76.2 Å². The molecule has 264 valence electrons. The molecule has 0 saturated carbocycles. The van der Waals surface area contributed by atoms with Crippen LogP contribution in [0.3, 0.4) is 0 Å². The van der Waals surface area contributed by atoms with Crippen LogP contribution >= 0.6 is 0 Å². The van der Waals surface area contributed by atoms with Gasteiger partial charge in [0.15, 0.2) is 5.96 Å². The number of carbonyl (C=O) groups is 8. The number of aliphatic carboxylic acids is 1. The number of aromatic nitrogens is 3. The number of amides is 7. The summed E-state index contributed by atoms with van der Waals surface area (Å²) >= 11 is 0. The molecule has 1 aromatic rings. The van der Waals surface area contributed by atoms with E-state index in [1.807, 2.05) is 0 Å². The van der Waals surface area contributed by atoms with Crippen molar-refractivity contribution < 1.29 is 43.5 Å². The van der Waals surface area contributed by atoms with Gasteiger partial charge in [-0.1, -0.05) is 5.21 Å². The highest BCUT2D eigenvalue weighted by Crippen LogP contribution is 2.09. The Labute approximate surface area is 273 Å². The number of carboxylic acid groups (broad SMARTS) is 1. The monoisotopic (exact) mass is 679 g/mol. The molecule has 2 bridgehead atoms. The van der Waals surface area contributed by atoms with Gasteiger partial charge in [0, 0.05) is 19.5 Å². The second-order valence-electron chi connectivity index (χ2n) is 10.8. The van der Waals surface area contributed by atoms with Crippen molar-refractivity contribution in [2.24, 2.45) is 27.9 Å². The number of rotatable bonds is 10. The van der Waals surface area contributed by atoms with Gasteiger partial charge in [-0.3, -0.25) is 48.0 Å². The molecular formula is C26H41N13O9. The zero-order valence-corrected chi connectivity index (χ0v) is 26.1. The van der Waals surface area contributed by atoms with Crippen molar-refractivity contribution in [3.05, 3.63) is 11.9 Å². The lowest BCUT2D eigenvalue weighted by molar-refractivity contribution is -0.143. The highest BCUT2D eigenvalue weighted by Gasteiger charge is 2.33. The molecule has 48 heavy (non-hydrogen) atoms. The van der Waals surface area contributed by atoms with Gasteiger partial charge in [-0.2, -0.15) is 0 Å². The zero-order chi connectivity index (χ0) is 35.8. The quantitative estimate of drug-likeness (QED) is 0.0633. The summed E-state index contributed by atoms with van der Waals surface area (Å²) in [6, 6.07) is -4.57. The normalized spacial score (nSPS) is 20.5. The van der Waals surface area contributed by atoms with Gasteiger partial charge < -0.3 is 54.2 Å². The first-order valence-electron chi connectivity index (χ1n) is 14.8. The summed E-state index contributed by atoms with van der Waals surface area (Å²) in [5.74, 6) is -8.00. The molecule has 1 aliphatic heterocycles. The number of guanidine groups is 1. The average Bonchev–Trinajstić information content (AvgIpc) is 3.44. The van der Waals surface area contributed by atoms with Crippen LogP contribution in [0.5, 0.6) is 0 Å². The Morgan fingerprint density at radius 3 is 2.25 bits per heavy atom. The number of primary amides is 2. The number of aliphatic imine (C=N–C) groups is 1. The minimum Gasteiger partial charge on any atom is -0.481 e. The van der Waals surface area contributed by atoms with Crippen molar-refractivity contribution in [2.75, 3.05) is 19.6 Å². The van der Waals surface area contributed by atoms with Crippen LogP contribution in [0.4, 0.5) is 0 Å². The highest BCUT2D eigenvalue weighted by atomic mass is 16.4. The van der Waals surface area contributed by atoms with Crippen molar-refractivity contribution in [1.29, 1.82) is 0 Å². The first-order chi connectivity index (χ1) is 22.6. The third-order valence-corrected chi connectivity index (χ3v) is 6.71.